The molecule has 19 nitrogen and oxygen atoms in total. The zero-order valence-electron chi connectivity index (χ0n) is 29.8. The van der Waals surface area contributed by atoms with E-state index in [1.54, 1.807) is 18.2 Å². The van der Waals surface area contributed by atoms with Gasteiger partial charge in [-0.1, -0.05) is 12.1 Å². The van der Waals surface area contributed by atoms with E-state index in [1.165, 1.54) is 18.3 Å². The van der Waals surface area contributed by atoms with Gasteiger partial charge in [0.05, 0.1) is 48.4 Å². The van der Waals surface area contributed by atoms with Crippen LogP contribution in [0.1, 0.15) is 55.3 Å². The van der Waals surface area contributed by atoms with Crippen molar-refractivity contribution in [3.63, 3.8) is 0 Å². The maximum atomic E-state index is 13.7. The SMILES string of the molecule is N#C[C@@H]1CC(F)(F)CN1C(=O)CNC(=O)c1ccnc2c(NC(=O)CCC(=O)NCCCC[C@H](N)C(=O)N[C@@H](CC(=O)O)C(=O)N[C@@H](CS)C(=O)O)cccc12. The number of pyridine rings is 1. The zero-order chi connectivity index (χ0) is 41.6. The topological polar surface area (TPSA) is 303 Å². The predicted molar refractivity (Wildman–Crippen MR) is 195 cm³/mol. The molecule has 0 radical (unpaired) electrons. The maximum absolute atomic E-state index is 13.7. The van der Waals surface area contributed by atoms with Crippen molar-refractivity contribution in [2.75, 3.05) is 30.7 Å². The molecule has 9 N–H and O–H groups in total. The van der Waals surface area contributed by atoms with Crippen LogP contribution in [0.5, 0.6) is 0 Å². The van der Waals surface area contributed by atoms with Gasteiger partial charge in [-0.25, -0.2) is 13.6 Å². The fraction of sp³-hybridized carbons (Fsp3) is 0.471. The van der Waals surface area contributed by atoms with Gasteiger partial charge in [-0.15, -0.1) is 0 Å². The Morgan fingerprint density at radius 2 is 1.70 bits per heavy atom. The van der Waals surface area contributed by atoms with Crippen LogP contribution in [-0.2, 0) is 33.6 Å². The summed E-state index contributed by atoms with van der Waals surface area (Å²) in [5.74, 6) is -10.7. The Morgan fingerprint density at radius 3 is 2.36 bits per heavy atom. The number of nitrogens with zero attached hydrogens (tertiary/aromatic N) is 3. The number of aliphatic carboxylic acids is 2. The van der Waals surface area contributed by atoms with Crippen molar-refractivity contribution in [3.8, 4) is 6.07 Å². The van der Waals surface area contributed by atoms with Crippen molar-refractivity contribution >= 4 is 76.6 Å². The normalized spacial score (nSPS) is 16.1. The first-order valence-corrected chi connectivity index (χ1v) is 17.8. The molecule has 2 heterocycles. The van der Waals surface area contributed by atoms with Crippen molar-refractivity contribution < 1.29 is 57.4 Å². The number of nitrogens with one attached hydrogen (secondary N) is 5. The van der Waals surface area contributed by atoms with Gasteiger partial charge in [0.2, 0.25) is 29.5 Å². The van der Waals surface area contributed by atoms with Crippen LogP contribution in [0.4, 0.5) is 14.5 Å². The van der Waals surface area contributed by atoms with Crippen molar-refractivity contribution in [1.82, 2.24) is 31.2 Å². The van der Waals surface area contributed by atoms with E-state index in [4.69, 9.17) is 21.2 Å². The molecule has 1 aliphatic rings. The summed E-state index contributed by atoms with van der Waals surface area (Å²) in [6, 6.07) is 2.20. The number of nitrogens with two attached hydrogens (primary N) is 1. The molecule has 22 heteroatoms. The number of hydrogen-bond donors (Lipinski definition) is 9. The average Bonchev–Trinajstić information content (AvgIpc) is 3.48. The minimum Gasteiger partial charge on any atom is -0.481 e. The van der Waals surface area contributed by atoms with Crippen LogP contribution >= 0.6 is 12.6 Å². The summed E-state index contributed by atoms with van der Waals surface area (Å²) >= 11 is 3.82. The third-order valence-electron chi connectivity index (χ3n) is 8.42. The number of fused-ring (bicyclic) bond motifs is 1. The van der Waals surface area contributed by atoms with E-state index >= 15 is 0 Å². The number of benzene rings is 1. The molecule has 1 saturated heterocycles. The Bertz CT molecular complexity index is 1880. The first kappa shape index (κ1) is 44.4. The number of anilines is 1. The number of carboxylic acids is 2. The molecule has 3 rings (SSSR count). The second kappa shape index (κ2) is 20.7. The monoisotopic (exact) mass is 805 g/mol. The molecule has 56 heavy (non-hydrogen) atoms. The highest BCUT2D eigenvalue weighted by Crippen LogP contribution is 2.31. The Labute approximate surface area is 323 Å². The Hall–Kier alpha value is -5.95. The molecule has 0 aliphatic carbocycles. The highest BCUT2D eigenvalue weighted by Gasteiger charge is 2.47. The van der Waals surface area contributed by atoms with Gasteiger partial charge in [0.15, 0.2) is 0 Å². The molecule has 4 atom stereocenters. The van der Waals surface area contributed by atoms with E-state index in [2.05, 4.69) is 44.2 Å². The Morgan fingerprint density at radius 1 is 1.00 bits per heavy atom. The molecule has 6 amide bonds. The first-order valence-electron chi connectivity index (χ1n) is 17.2. The third-order valence-corrected chi connectivity index (χ3v) is 8.78. The number of thiol groups is 1. The number of amides is 6. The molecule has 1 aliphatic heterocycles. The molecule has 1 aromatic carbocycles. The number of nitriles is 1. The molecular formula is C34H41F2N9O10S. The van der Waals surface area contributed by atoms with Gasteiger partial charge in [0.25, 0.3) is 11.8 Å². The first-order chi connectivity index (χ1) is 26.5. The van der Waals surface area contributed by atoms with Gasteiger partial charge in [-0.2, -0.15) is 17.9 Å². The lowest BCUT2D eigenvalue weighted by Crippen LogP contribution is -2.55. The van der Waals surface area contributed by atoms with Crippen molar-refractivity contribution in [3.05, 3.63) is 36.0 Å². The number of carbonyl (C=O) groups excluding carboxylic acids is 6. The van der Waals surface area contributed by atoms with Gasteiger partial charge >= 0.3 is 11.9 Å². The summed E-state index contributed by atoms with van der Waals surface area (Å²) in [5, 5.41) is 39.6. The van der Waals surface area contributed by atoms with E-state index in [9.17, 15) is 47.1 Å². The summed E-state index contributed by atoms with van der Waals surface area (Å²) in [5.41, 5.74) is 6.41. The van der Waals surface area contributed by atoms with Crippen LogP contribution in [0.2, 0.25) is 0 Å². The predicted octanol–water partition coefficient (Wildman–Crippen LogP) is -0.484. The second-order valence-electron chi connectivity index (χ2n) is 12.7. The average molecular weight is 806 g/mol. The van der Waals surface area contributed by atoms with Crippen molar-refractivity contribution in [2.24, 2.45) is 5.73 Å². The van der Waals surface area contributed by atoms with Crippen LogP contribution in [-0.4, -0.2) is 123 Å². The highest BCUT2D eigenvalue weighted by atomic mass is 32.1. The lowest BCUT2D eigenvalue weighted by molar-refractivity contribution is -0.143. The minimum atomic E-state index is -3.21. The van der Waals surface area contributed by atoms with Crippen molar-refractivity contribution in [2.45, 2.75) is 75.0 Å². The van der Waals surface area contributed by atoms with Crippen LogP contribution in [0.3, 0.4) is 0 Å². The quantitative estimate of drug-likeness (QED) is 0.0604. The number of para-hydroxylation sites is 1. The molecule has 302 valence electrons. The molecule has 0 bridgehead atoms. The number of alkyl halides is 2. The molecular weight excluding hydrogens is 764 g/mol. The molecule has 0 unspecified atom stereocenters. The largest absolute Gasteiger partial charge is 0.481 e. The van der Waals surface area contributed by atoms with Gasteiger partial charge < -0.3 is 47.4 Å². The Balaban J connectivity index is 1.42. The van der Waals surface area contributed by atoms with Crippen LogP contribution < -0.4 is 32.3 Å². The summed E-state index contributed by atoms with van der Waals surface area (Å²) in [6.45, 7) is -1.38. The third kappa shape index (κ3) is 13.1. The number of aromatic nitrogens is 1. The van der Waals surface area contributed by atoms with Crippen molar-refractivity contribution in [1.29, 1.82) is 5.26 Å². The summed E-state index contributed by atoms with van der Waals surface area (Å²) < 4.78 is 27.5. The van der Waals surface area contributed by atoms with E-state index < -0.39 is 103 Å². The molecule has 2 aromatic rings. The smallest absolute Gasteiger partial charge is 0.327 e. The molecule has 1 aromatic heterocycles. The van der Waals surface area contributed by atoms with E-state index in [1.807, 2.05) is 0 Å². The molecule has 0 spiro atoms. The Kier molecular flexibility index (Phi) is 16.4. The van der Waals surface area contributed by atoms with Gasteiger partial charge in [-0.05, 0) is 31.4 Å². The summed E-state index contributed by atoms with van der Waals surface area (Å²) in [6.07, 6.45) is 0.0967. The number of unbranched alkanes of at least 4 members (excludes halogenated alkanes) is 1. The minimum absolute atomic E-state index is 0.0776. The fourth-order valence-corrected chi connectivity index (χ4v) is 5.77. The zero-order valence-corrected chi connectivity index (χ0v) is 30.7. The summed E-state index contributed by atoms with van der Waals surface area (Å²) in [4.78, 5) is 103. The number of hydrogen-bond acceptors (Lipinski definition) is 12. The number of carbonyl (C=O) groups is 8. The summed E-state index contributed by atoms with van der Waals surface area (Å²) in [7, 11) is 0. The lowest BCUT2D eigenvalue weighted by atomic mass is 10.1. The van der Waals surface area contributed by atoms with Gasteiger partial charge in [0, 0.05) is 43.1 Å². The number of halogens is 2. The lowest BCUT2D eigenvalue weighted by Gasteiger charge is -2.21. The van der Waals surface area contributed by atoms with Crippen LogP contribution in [0, 0.1) is 11.3 Å². The standard InChI is InChI=1S/C34H41F2N9O10S/c35-34(36)13-18(14-37)45(17-34)27(48)15-41-30(51)20-9-11-40-29-19(20)4-3-6-22(29)42-26(47)8-7-25(46)39-10-2-1-5-21(38)31(52)43-23(12-28(49)50)32(53)44-24(16-56)33(54)55/h3-4,6,9,11,18,21,23-24,56H,1-2,5,7-8,10,12-13,15-17,38H2,(H,39,46)(H,41,51)(H,42,47)(H,43,52)(H,44,53)(H,49,50)(H,54,55)/t18-,21-,23-,24-/m0/s1. The van der Waals surface area contributed by atoms with E-state index in [-0.39, 0.29) is 48.3 Å². The van der Waals surface area contributed by atoms with E-state index in [0.717, 1.165) is 4.90 Å². The molecule has 0 saturated carbocycles. The van der Waals surface area contributed by atoms with E-state index in [0.29, 0.717) is 18.2 Å². The van der Waals surface area contributed by atoms with Crippen LogP contribution in [0.15, 0.2) is 30.5 Å². The van der Waals surface area contributed by atoms with Gasteiger partial charge in [-0.3, -0.25) is 38.5 Å². The van der Waals surface area contributed by atoms with Gasteiger partial charge in [0.1, 0.15) is 18.1 Å². The molecule has 1 fully saturated rings. The maximum Gasteiger partial charge on any atom is 0.327 e. The highest BCUT2D eigenvalue weighted by molar-refractivity contribution is 7.80. The number of carboxylic acid groups (broad SMARTS) is 2. The number of rotatable bonds is 20. The second-order valence-corrected chi connectivity index (χ2v) is 13.1. The number of likely N-dealkylation sites (tertiary alicyclic amines) is 1. The van der Waals surface area contributed by atoms with Crippen LogP contribution in [0.25, 0.3) is 10.9 Å². The fourth-order valence-electron chi connectivity index (χ4n) is 5.52.